The number of alkyl halides is 3. The number of methoxy groups -OCH3 is 1. The van der Waals surface area contributed by atoms with Crippen LogP contribution in [0.3, 0.4) is 0 Å². The largest absolute Gasteiger partial charge is 0.454 e. The summed E-state index contributed by atoms with van der Waals surface area (Å²) in [5.41, 5.74) is 1.17. The number of hydrogen-bond donors (Lipinski definition) is 1. The Morgan fingerprint density at radius 1 is 1.32 bits per heavy atom. The van der Waals surface area contributed by atoms with E-state index in [1.807, 2.05) is 25.2 Å². The topological polar surface area (TPSA) is 98.4 Å². The molecule has 0 saturated carbocycles. The summed E-state index contributed by atoms with van der Waals surface area (Å²) < 4.78 is 49.7. The van der Waals surface area contributed by atoms with Crippen LogP contribution in [0.4, 0.5) is 19.0 Å². The van der Waals surface area contributed by atoms with E-state index in [1.54, 1.807) is 12.0 Å². The van der Waals surface area contributed by atoms with E-state index in [2.05, 4.69) is 20.3 Å². The first-order valence-electron chi connectivity index (χ1n) is 9.83. The van der Waals surface area contributed by atoms with Gasteiger partial charge in [-0.25, -0.2) is 4.68 Å². The van der Waals surface area contributed by atoms with Gasteiger partial charge in [-0.2, -0.15) is 23.1 Å². The van der Waals surface area contributed by atoms with Gasteiger partial charge in [0.25, 0.3) is 0 Å². The number of halogens is 3. The quantitative estimate of drug-likeness (QED) is 0.729. The minimum absolute atomic E-state index is 0.262. The average molecular weight is 440 g/mol. The number of hydrogen-bond acceptors (Lipinski definition) is 8. The molecule has 2 atom stereocenters. The smallest absolute Gasteiger partial charge is 0.422 e. The Kier molecular flexibility index (Phi) is 5.60. The summed E-state index contributed by atoms with van der Waals surface area (Å²) in [6.45, 7) is 1.57. The zero-order valence-corrected chi connectivity index (χ0v) is 17.1. The molecule has 12 heteroatoms. The third-order valence-electron chi connectivity index (χ3n) is 5.37. The molecule has 2 aliphatic rings. The highest BCUT2D eigenvalue weighted by Gasteiger charge is 2.31. The molecule has 1 saturated heterocycles. The van der Waals surface area contributed by atoms with Crippen molar-refractivity contribution in [1.29, 1.82) is 0 Å². The Bertz CT molecular complexity index is 1020. The van der Waals surface area contributed by atoms with Crippen LogP contribution in [0.1, 0.15) is 19.8 Å². The predicted octanol–water partition coefficient (Wildman–Crippen LogP) is 2.02. The average Bonchev–Trinajstić information content (AvgIpc) is 3.34. The summed E-state index contributed by atoms with van der Waals surface area (Å²) in [7, 11) is 1.64. The molecule has 31 heavy (non-hydrogen) atoms. The van der Waals surface area contributed by atoms with Crippen molar-refractivity contribution in [2.75, 3.05) is 31.7 Å². The minimum atomic E-state index is -4.52. The number of aliphatic hydroxyl groups is 1. The molecule has 0 bridgehead atoms. The summed E-state index contributed by atoms with van der Waals surface area (Å²) in [6.07, 6.45) is 2.00. The van der Waals surface area contributed by atoms with Crippen LogP contribution in [-0.2, 0) is 11.3 Å². The van der Waals surface area contributed by atoms with Gasteiger partial charge in [-0.15, -0.1) is 5.10 Å². The number of ether oxygens (including phenoxy) is 2. The van der Waals surface area contributed by atoms with E-state index in [4.69, 9.17) is 9.47 Å². The van der Waals surface area contributed by atoms with Gasteiger partial charge in [-0.1, -0.05) is 23.4 Å². The minimum Gasteiger partial charge on any atom is -0.454 e. The number of aromatic nitrogens is 5. The van der Waals surface area contributed by atoms with Crippen molar-refractivity contribution >= 4 is 17.0 Å². The number of rotatable bonds is 6. The fourth-order valence-electron chi connectivity index (χ4n) is 3.49. The lowest BCUT2D eigenvalue weighted by Gasteiger charge is -2.26. The Morgan fingerprint density at radius 3 is 2.74 bits per heavy atom. The number of allylic oxidation sites excluding steroid dienone is 2. The van der Waals surface area contributed by atoms with Crippen LogP contribution in [0.25, 0.3) is 11.2 Å². The molecular formula is C19H23F3N6O3. The number of anilines is 1. The van der Waals surface area contributed by atoms with E-state index < -0.39 is 24.9 Å². The fourth-order valence-corrected chi connectivity index (χ4v) is 3.49. The monoisotopic (exact) mass is 440 g/mol. The summed E-state index contributed by atoms with van der Waals surface area (Å²) in [6, 6.07) is -0.412. The second-order valence-electron chi connectivity index (χ2n) is 7.87. The van der Waals surface area contributed by atoms with Gasteiger partial charge in [0.05, 0.1) is 18.2 Å². The molecule has 2 aromatic heterocycles. The molecule has 1 unspecified atom stereocenters. The molecule has 0 aromatic carbocycles. The van der Waals surface area contributed by atoms with Crippen molar-refractivity contribution in [1.82, 2.24) is 25.0 Å². The Morgan fingerprint density at radius 2 is 2.13 bits per heavy atom. The highest BCUT2D eigenvalue weighted by atomic mass is 19.4. The molecule has 1 N–H and O–H groups in total. The van der Waals surface area contributed by atoms with Crippen LogP contribution in [0.2, 0.25) is 0 Å². The van der Waals surface area contributed by atoms with Crippen LogP contribution >= 0.6 is 0 Å². The molecular weight excluding hydrogens is 417 g/mol. The lowest BCUT2D eigenvalue weighted by Crippen LogP contribution is -2.25. The molecule has 0 radical (unpaired) electrons. The van der Waals surface area contributed by atoms with E-state index in [-0.39, 0.29) is 11.2 Å². The number of fused-ring (bicyclic) bond motifs is 1. The number of aliphatic hydroxyl groups excluding tert-OH is 1. The molecule has 1 fully saturated rings. The maximum absolute atomic E-state index is 12.6. The van der Waals surface area contributed by atoms with Gasteiger partial charge < -0.3 is 19.5 Å². The highest BCUT2D eigenvalue weighted by Crippen LogP contribution is 2.29. The van der Waals surface area contributed by atoms with Crippen LogP contribution in [0, 0.1) is 0 Å². The fraction of sp³-hybridized carbons (Fsp3) is 0.579. The van der Waals surface area contributed by atoms with Gasteiger partial charge >= 0.3 is 12.2 Å². The zero-order chi connectivity index (χ0) is 22.2. The normalized spacial score (nSPS) is 24.1. The van der Waals surface area contributed by atoms with Crippen molar-refractivity contribution in [3.8, 4) is 6.01 Å². The third kappa shape index (κ3) is 4.79. The van der Waals surface area contributed by atoms with E-state index in [0.717, 1.165) is 5.57 Å². The molecule has 3 heterocycles. The number of nitrogens with zero attached hydrogens (tertiary/aromatic N) is 6. The maximum Gasteiger partial charge on any atom is 0.422 e. The first-order valence-corrected chi connectivity index (χ1v) is 9.83. The Hall–Kier alpha value is -2.73. The summed E-state index contributed by atoms with van der Waals surface area (Å²) in [4.78, 5) is 10.0. The van der Waals surface area contributed by atoms with Gasteiger partial charge in [0.2, 0.25) is 0 Å². The lowest BCUT2D eigenvalue weighted by atomic mass is 9.94. The summed E-state index contributed by atoms with van der Waals surface area (Å²) >= 11 is 0. The van der Waals surface area contributed by atoms with Crippen molar-refractivity contribution in [2.45, 2.75) is 44.2 Å². The van der Waals surface area contributed by atoms with Crippen molar-refractivity contribution in [3.63, 3.8) is 0 Å². The van der Waals surface area contributed by atoms with Crippen LogP contribution in [-0.4, -0.2) is 74.8 Å². The van der Waals surface area contributed by atoms with Crippen molar-refractivity contribution in [3.05, 3.63) is 23.8 Å². The van der Waals surface area contributed by atoms with Gasteiger partial charge in [0.1, 0.15) is 0 Å². The molecule has 4 rings (SSSR count). The van der Waals surface area contributed by atoms with E-state index in [1.165, 1.54) is 4.68 Å². The van der Waals surface area contributed by atoms with Gasteiger partial charge in [-0.05, 0) is 25.3 Å². The third-order valence-corrected chi connectivity index (χ3v) is 5.37. The standard InChI is InChI=1S/C19H23F3N6O3/c1-18(30-2)6-3-12(4-7-18)9-28-16-14(25-26-28)15(27-8-5-13(29)10-27)23-17(24-16)31-11-19(20,21)22/h3-4,6,13,29H,5,7-11H2,1-2H3/t13-,18?/m0/s1. The molecule has 168 valence electrons. The first-order chi connectivity index (χ1) is 14.7. The predicted molar refractivity (Wildman–Crippen MR) is 105 cm³/mol. The van der Waals surface area contributed by atoms with Crippen LogP contribution < -0.4 is 9.64 Å². The number of β-amino-alcohol motifs (C(OH)–C–C–N with tert-alkyl or cyclic N) is 1. The van der Waals surface area contributed by atoms with Gasteiger partial charge in [-0.3, -0.25) is 0 Å². The molecule has 0 amide bonds. The lowest BCUT2D eigenvalue weighted by molar-refractivity contribution is -0.154. The second kappa shape index (κ2) is 8.08. The summed E-state index contributed by atoms with van der Waals surface area (Å²) in [5, 5.41) is 18.2. The molecule has 1 aliphatic heterocycles. The maximum atomic E-state index is 12.6. The zero-order valence-electron chi connectivity index (χ0n) is 17.1. The van der Waals surface area contributed by atoms with Gasteiger partial charge in [0.15, 0.2) is 23.6 Å². The summed E-state index contributed by atoms with van der Waals surface area (Å²) in [5.74, 6) is 0.296. The van der Waals surface area contributed by atoms with Crippen molar-refractivity contribution < 1.29 is 27.8 Å². The van der Waals surface area contributed by atoms with Crippen LogP contribution in [0.15, 0.2) is 23.8 Å². The molecule has 2 aromatic rings. The second-order valence-corrected chi connectivity index (χ2v) is 7.87. The van der Waals surface area contributed by atoms with Crippen molar-refractivity contribution in [2.24, 2.45) is 0 Å². The Balaban J connectivity index is 1.66. The first kappa shape index (κ1) is 21.5. The van der Waals surface area contributed by atoms with Crippen LogP contribution in [0.5, 0.6) is 6.01 Å². The Labute approximate surface area is 176 Å². The van der Waals surface area contributed by atoms with E-state index >= 15 is 0 Å². The molecule has 0 spiro atoms. The molecule has 1 aliphatic carbocycles. The van der Waals surface area contributed by atoms with E-state index in [9.17, 15) is 18.3 Å². The van der Waals surface area contributed by atoms with E-state index in [0.29, 0.717) is 43.8 Å². The highest BCUT2D eigenvalue weighted by molar-refractivity contribution is 5.83. The SMILES string of the molecule is COC1(C)C=CC(Cn2nnc3c(N4CC[C@H](O)C4)nc(OCC(F)(F)F)nc32)=CC1. The molecule has 9 nitrogen and oxygen atoms in total. The van der Waals surface area contributed by atoms with Gasteiger partial charge in [0, 0.05) is 20.2 Å².